The second-order valence-corrected chi connectivity index (χ2v) is 9.41. The summed E-state index contributed by atoms with van der Waals surface area (Å²) in [6.07, 6.45) is 2.44. The molecule has 0 amide bonds. The van der Waals surface area contributed by atoms with Gasteiger partial charge in [-0.1, -0.05) is 44.4 Å². The molecule has 8 heteroatoms. The first-order chi connectivity index (χ1) is 15.2. The Bertz CT molecular complexity index is 1260. The molecule has 3 rings (SSSR count). The maximum absolute atomic E-state index is 12.8. The van der Waals surface area contributed by atoms with Crippen molar-refractivity contribution < 1.29 is 22.4 Å². The van der Waals surface area contributed by atoms with Crippen molar-refractivity contribution in [1.29, 1.82) is 0 Å². The Morgan fingerprint density at radius 2 is 1.78 bits per heavy atom. The number of fused-ring (bicyclic) bond motifs is 1. The van der Waals surface area contributed by atoms with E-state index in [2.05, 4.69) is 4.72 Å². The average Bonchev–Trinajstić information content (AvgIpc) is 2.73. The van der Waals surface area contributed by atoms with Crippen LogP contribution in [0.3, 0.4) is 0 Å². The molecule has 0 saturated heterocycles. The van der Waals surface area contributed by atoms with Crippen LogP contribution in [0.5, 0.6) is 5.75 Å². The van der Waals surface area contributed by atoms with Crippen LogP contribution in [0, 0.1) is 6.92 Å². The van der Waals surface area contributed by atoms with Crippen molar-refractivity contribution in [2.45, 2.75) is 57.4 Å². The summed E-state index contributed by atoms with van der Waals surface area (Å²) in [5.41, 5.74) is 1.64. The number of benzene rings is 2. The van der Waals surface area contributed by atoms with Crippen LogP contribution >= 0.6 is 0 Å². The Morgan fingerprint density at radius 3 is 2.44 bits per heavy atom. The smallest absolute Gasteiger partial charge is 0.336 e. The van der Waals surface area contributed by atoms with Gasteiger partial charge in [0.2, 0.25) is 10.0 Å². The van der Waals surface area contributed by atoms with E-state index in [0.717, 1.165) is 29.4 Å². The zero-order valence-electron chi connectivity index (χ0n) is 18.4. The molecule has 0 bridgehead atoms. The third-order valence-corrected chi connectivity index (χ3v) is 6.52. The molecule has 0 aliphatic heterocycles. The molecule has 3 aromatic rings. The van der Waals surface area contributed by atoms with Crippen LogP contribution in [-0.4, -0.2) is 20.4 Å². The highest BCUT2D eigenvalue weighted by atomic mass is 32.2. The van der Waals surface area contributed by atoms with Crippen molar-refractivity contribution in [2.75, 3.05) is 0 Å². The minimum atomic E-state index is -3.90. The van der Waals surface area contributed by atoms with Gasteiger partial charge in [0, 0.05) is 17.5 Å². The summed E-state index contributed by atoms with van der Waals surface area (Å²) < 4.78 is 38.6. The molecule has 0 spiro atoms. The Kier molecular flexibility index (Phi) is 7.48. The summed E-state index contributed by atoms with van der Waals surface area (Å²) in [5.74, 6) is -0.552. The van der Waals surface area contributed by atoms with Crippen LogP contribution in [0.4, 0.5) is 0 Å². The van der Waals surface area contributed by atoms with E-state index < -0.39 is 27.7 Å². The lowest BCUT2D eigenvalue weighted by Crippen LogP contribution is -2.42. The van der Waals surface area contributed by atoms with Gasteiger partial charge >= 0.3 is 11.6 Å². The predicted molar refractivity (Wildman–Crippen MR) is 122 cm³/mol. The van der Waals surface area contributed by atoms with Gasteiger partial charge in [-0.25, -0.2) is 18.0 Å². The molecule has 7 nitrogen and oxygen atoms in total. The zero-order valence-corrected chi connectivity index (χ0v) is 19.2. The molecular weight excluding hydrogens is 430 g/mol. The molecular formula is C24H27NO6S. The van der Waals surface area contributed by atoms with Crippen LogP contribution in [0.25, 0.3) is 11.0 Å². The molecule has 1 aromatic heterocycles. The fourth-order valence-corrected chi connectivity index (χ4v) is 4.64. The number of esters is 1. The van der Waals surface area contributed by atoms with Crippen LogP contribution in [0.2, 0.25) is 0 Å². The standard InChI is InChI=1S/C24H27NO6S/c1-4-6-17-14-23(26)31-22-15-18(10-13-20(17)22)30-24(27)21(7-5-2)25-32(28,29)19-11-8-16(3)9-12-19/h8-15,21,25H,4-7H2,1-3H3/t21-/m1/s1. The molecule has 1 N–H and O–H groups in total. The van der Waals surface area contributed by atoms with Crippen LogP contribution in [0.15, 0.2) is 62.6 Å². The van der Waals surface area contributed by atoms with E-state index in [4.69, 9.17) is 9.15 Å². The summed E-state index contributed by atoms with van der Waals surface area (Å²) in [7, 11) is -3.90. The SMILES string of the molecule is CCCc1cc(=O)oc2cc(OC(=O)[C@@H](CCC)NS(=O)(=O)c3ccc(C)cc3)ccc12. The Labute approximate surface area is 187 Å². The molecule has 32 heavy (non-hydrogen) atoms. The highest BCUT2D eigenvalue weighted by molar-refractivity contribution is 7.89. The number of hydrogen-bond donors (Lipinski definition) is 1. The Hall–Kier alpha value is -2.97. The van der Waals surface area contributed by atoms with Crippen molar-refractivity contribution in [1.82, 2.24) is 4.72 Å². The van der Waals surface area contributed by atoms with Gasteiger partial charge in [-0.05, 0) is 49.6 Å². The molecule has 0 radical (unpaired) electrons. The zero-order chi connectivity index (χ0) is 23.3. The highest BCUT2D eigenvalue weighted by Crippen LogP contribution is 2.24. The Balaban J connectivity index is 1.83. The van der Waals surface area contributed by atoms with E-state index in [0.29, 0.717) is 12.0 Å². The second kappa shape index (κ2) is 10.1. The fraction of sp³-hybridized carbons (Fsp3) is 0.333. The summed E-state index contributed by atoms with van der Waals surface area (Å²) in [6, 6.07) is 11.6. The fourth-order valence-electron chi connectivity index (χ4n) is 3.42. The Morgan fingerprint density at radius 1 is 1.06 bits per heavy atom. The molecule has 1 heterocycles. The van der Waals surface area contributed by atoms with Crippen LogP contribution in [0.1, 0.15) is 44.2 Å². The molecule has 0 unspecified atom stereocenters. The van der Waals surface area contributed by atoms with E-state index in [1.54, 1.807) is 24.3 Å². The van der Waals surface area contributed by atoms with Crippen molar-refractivity contribution >= 4 is 27.0 Å². The minimum Gasteiger partial charge on any atom is -0.425 e. The largest absolute Gasteiger partial charge is 0.425 e. The van der Waals surface area contributed by atoms with Gasteiger partial charge in [0.25, 0.3) is 0 Å². The number of aryl methyl sites for hydroxylation is 2. The van der Waals surface area contributed by atoms with E-state index >= 15 is 0 Å². The third kappa shape index (κ3) is 5.63. The topological polar surface area (TPSA) is 103 Å². The number of carbonyl (C=O) groups is 1. The van der Waals surface area contributed by atoms with E-state index in [9.17, 15) is 18.0 Å². The number of nitrogens with one attached hydrogen (secondary N) is 1. The second-order valence-electron chi connectivity index (χ2n) is 7.70. The summed E-state index contributed by atoms with van der Waals surface area (Å²) in [5, 5.41) is 0.774. The first-order valence-electron chi connectivity index (χ1n) is 10.6. The molecule has 0 fully saturated rings. The molecule has 0 aliphatic rings. The lowest BCUT2D eigenvalue weighted by atomic mass is 10.1. The number of sulfonamides is 1. The quantitative estimate of drug-likeness (QED) is 0.295. The van der Waals surface area contributed by atoms with Crippen molar-refractivity contribution in [3.63, 3.8) is 0 Å². The van der Waals surface area contributed by atoms with E-state index in [1.807, 2.05) is 20.8 Å². The van der Waals surface area contributed by atoms with Gasteiger partial charge in [-0.2, -0.15) is 4.72 Å². The molecule has 1 atom stereocenters. The monoisotopic (exact) mass is 457 g/mol. The van der Waals surface area contributed by atoms with Gasteiger partial charge < -0.3 is 9.15 Å². The maximum Gasteiger partial charge on any atom is 0.336 e. The summed E-state index contributed by atoms with van der Waals surface area (Å²) in [4.78, 5) is 24.7. The first-order valence-corrected chi connectivity index (χ1v) is 12.1. The normalized spacial score (nSPS) is 12.6. The molecule has 2 aromatic carbocycles. The van der Waals surface area contributed by atoms with Crippen molar-refractivity contribution in [3.8, 4) is 5.75 Å². The van der Waals surface area contributed by atoms with E-state index in [-0.39, 0.29) is 17.1 Å². The van der Waals surface area contributed by atoms with Crippen molar-refractivity contribution in [2.24, 2.45) is 0 Å². The van der Waals surface area contributed by atoms with Gasteiger partial charge in [-0.15, -0.1) is 0 Å². The number of rotatable bonds is 9. The average molecular weight is 458 g/mol. The lowest BCUT2D eigenvalue weighted by Gasteiger charge is -2.17. The number of ether oxygens (including phenoxy) is 1. The van der Waals surface area contributed by atoms with Gasteiger partial charge in [0.1, 0.15) is 17.4 Å². The van der Waals surface area contributed by atoms with Crippen LogP contribution < -0.4 is 15.1 Å². The number of carbonyl (C=O) groups excluding carboxylic acids is 1. The van der Waals surface area contributed by atoms with Crippen molar-refractivity contribution in [3.05, 3.63) is 70.1 Å². The van der Waals surface area contributed by atoms with Gasteiger partial charge in [0.05, 0.1) is 4.90 Å². The molecule has 0 aliphatic carbocycles. The van der Waals surface area contributed by atoms with Gasteiger partial charge in [-0.3, -0.25) is 0 Å². The van der Waals surface area contributed by atoms with E-state index in [1.165, 1.54) is 24.3 Å². The lowest BCUT2D eigenvalue weighted by molar-refractivity contribution is -0.136. The summed E-state index contributed by atoms with van der Waals surface area (Å²) >= 11 is 0. The maximum atomic E-state index is 12.8. The molecule has 170 valence electrons. The number of hydrogen-bond acceptors (Lipinski definition) is 6. The molecule has 0 saturated carbocycles. The van der Waals surface area contributed by atoms with Gasteiger partial charge in [0.15, 0.2) is 0 Å². The van der Waals surface area contributed by atoms with Crippen LogP contribution in [-0.2, 0) is 21.2 Å². The third-order valence-electron chi connectivity index (χ3n) is 5.03. The predicted octanol–water partition coefficient (Wildman–Crippen LogP) is 4.11. The summed E-state index contributed by atoms with van der Waals surface area (Å²) in [6.45, 7) is 5.72. The first kappa shape index (κ1) is 23.7. The minimum absolute atomic E-state index is 0.0768. The highest BCUT2D eigenvalue weighted by Gasteiger charge is 2.27.